The minimum absolute atomic E-state index is 0.200. The third kappa shape index (κ3) is 4.24. The number of pyridine rings is 1. The molecule has 1 fully saturated rings. The number of aryl methyl sites for hydroxylation is 1. The maximum atomic E-state index is 14.7. The van der Waals surface area contributed by atoms with Gasteiger partial charge in [0.15, 0.2) is 0 Å². The first kappa shape index (κ1) is 22.4. The highest BCUT2D eigenvalue weighted by Crippen LogP contribution is 2.40. The summed E-state index contributed by atoms with van der Waals surface area (Å²) in [6.07, 6.45) is 2.22. The number of ether oxygens (including phenoxy) is 2. The quantitative estimate of drug-likeness (QED) is 0.345. The van der Waals surface area contributed by atoms with Gasteiger partial charge < -0.3 is 14.4 Å². The third-order valence-electron chi connectivity index (χ3n) is 6.42. The van der Waals surface area contributed by atoms with Gasteiger partial charge in [0.05, 0.1) is 24.8 Å². The summed E-state index contributed by atoms with van der Waals surface area (Å²) in [7, 11) is 1.62. The Labute approximate surface area is 200 Å². The molecule has 3 aromatic carbocycles. The van der Waals surface area contributed by atoms with Crippen LogP contribution in [0.3, 0.4) is 0 Å². The second-order valence-electron chi connectivity index (χ2n) is 9.13. The Morgan fingerprint density at radius 2 is 1.53 bits per heavy atom. The van der Waals surface area contributed by atoms with Crippen molar-refractivity contribution >= 4 is 16.6 Å². The van der Waals surface area contributed by atoms with E-state index in [4.69, 9.17) is 14.5 Å². The van der Waals surface area contributed by atoms with Crippen LogP contribution >= 0.6 is 0 Å². The van der Waals surface area contributed by atoms with Gasteiger partial charge in [-0.25, -0.2) is 4.39 Å². The van der Waals surface area contributed by atoms with E-state index in [1.807, 2.05) is 37.4 Å². The fourth-order valence-electron chi connectivity index (χ4n) is 4.86. The maximum Gasteiger partial charge on any atom is 0.137 e. The first-order valence-corrected chi connectivity index (χ1v) is 11.7. The highest BCUT2D eigenvalue weighted by molar-refractivity contribution is 6.00. The van der Waals surface area contributed by atoms with Crippen LogP contribution in [0.5, 0.6) is 5.75 Å². The van der Waals surface area contributed by atoms with E-state index in [-0.39, 0.29) is 18.0 Å². The molecule has 1 aliphatic rings. The number of rotatable bonds is 4. The molecule has 5 heteroatoms. The second-order valence-corrected chi connectivity index (χ2v) is 9.13. The van der Waals surface area contributed by atoms with E-state index in [0.29, 0.717) is 11.1 Å². The number of anilines is 1. The second kappa shape index (κ2) is 9.07. The number of fused-ring (bicyclic) bond motifs is 1. The molecule has 1 saturated heterocycles. The number of morpholine rings is 1. The SMILES string of the molecule is COc1c(-c2ccc(N3CC(C)O[C@H](C)C3)cc2)cnc2c(-c3ccc(C)cc3)cc(F)cc12. The zero-order valence-electron chi connectivity index (χ0n) is 20.0. The molecule has 1 unspecified atom stereocenters. The average molecular weight is 457 g/mol. The van der Waals surface area contributed by atoms with Crippen LogP contribution in [-0.4, -0.2) is 37.4 Å². The van der Waals surface area contributed by atoms with Crippen LogP contribution in [0.2, 0.25) is 0 Å². The molecule has 2 atom stereocenters. The molecule has 1 aromatic heterocycles. The minimum atomic E-state index is -0.314. The van der Waals surface area contributed by atoms with E-state index in [1.54, 1.807) is 7.11 Å². The molecular formula is C29H29FN2O2. The number of methoxy groups -OCH3 is 1. The Kier molecular flexibility index (Phi) is 5.96. The van der Waals surface area contributed by atoms with Crippen LogP contribution < -0.4 is 9.64 Å². The molecule has 4 nitrogen and oxygen atoms in total. The number of benzene rings is 3. The summed E-state index contributed by atoms with van der Waals surface area (Å²) in [5, 5.41) is 0.662. The topological polar surface area (TPSA) is 34.6 Å². The van der Waals surface area contributed by atoms with Gasteiger partial charge in [-0.2, -0.15) is 0 Å². The lowest BCUT2D eigenvalue weighted by Gasteiger charge is -2.36. The van der Waals surface area contributed by atoms with E-state index in [2.05, 4.69) is 43.0 Å². The predicted molar refractivity (Wildman–Crippen MR) is 136 cm³/mol. The monoisotopic (exact) mass is 456 g/mol. The lowest BCUT2D eigenvalue weighted by Crippen LogP contribution is -2.45. The molecule has 2 heterocycles. The summed E-state index contributed by atoms with van der Waals surface area (Å²) in [6, 6.07) is 19.5. The van der Waals surface area contributed by atoms with Gasteiger partial charge in [-0.3, -0.25) is 4.98 Å². The summed E-state index contributed by atoms with van der Waals surface area (Å²) in [6.45, 7) is 7.98. The first-order valence-electron chi connectivity index (χ1n) is 11.7. The molecule has 0 bridgehead atoms. The molecular weight excluding hydrogens is 427 g/mol. The Morgan fingerprint density at radius 3 is 2.18 bits per heavy atom. The van der Waals surface area contributed by atoms with Gasteiger partial charge in [0.2, 0.25) is 0 Å². The summed E-state index contributed by atoms with van der Waals surface area (Å²) in [5.41, 5.74) is 6.53. The van der Waals surface area contributed by atoms with Crippen molar-refractivity contribution in [3.05, 3.63) is 78.2 Å². The average Bonchev–Trinajstić information content (AvgIpc) is 2.83. The molecule has 34 heavy (non-hydrogen) atoms. The Balaban J connectivity index is 1.56. The van der Waals surface area contributed by atoms with Gasteiger partial charge in [0.25, 0.3) is 0 Å². The van der Waals surface area contributed by atoms with Gasteiger partial charge in [-0.05, 0) is 56.2 Å². The number of halogens is 1. The highest BCUT2D eigenvalue weighted by Gasteiger charge is 2.23. The Bertz CT molecular complexity index is 1310. The summed E-state index contributed by atoms with van der Waals surface area (Å²) >= 11 is 0. The van der Waals surface area contributed by atoms with Crippen molar-refractivity contribution in [3.8, 4) is 28.0 Å². The number of hydrogen-bond donors (Lipinski definition) is 0. The van der Waals surface area contributed by atoms with Crippen LogP contribution in [0.4, 0.5) is 10.1 Å². The standard InChI is InChI=1S/C29H29FN2O2/c1-18-5-7-21(8-6-18)25-13-23(30)14-26-28(25)31-15-27(29(26)33-4)22-9-11-24(12-10-22)32-16-19(2)34-20(3)17-32/h5-15,19-20H,16-17H2,1-4H3/t19-,20?/m1/s1. The van der Waals surface area contributed by atoms with E-state index in [9.17, 15) is 4.39 Å². The largest absolute Gasteiger partial charge is 0.495 e. The normalized spacial score (nSPS) is 18.3. The van der Waals surface area contributed by atoms with Crippen LogP contribution in [0.15, 0.2) is 66.9 Å². The van der Waals surface area contributed by atoms with Crippen molar-refractivity contribution in [1.29, 1.82) is 0 Å². The third-order valence-corrected chi connectivity index (χ3v) is 6.42. The molecule has 0 amide bonds. The van der Waals surface area contributed by atoms with Crippen molar-refractivity contribution in [2.45, 2.75) is 33.0 Å². The van der Waals surface area contributed by atoms with Crippen molar-refractivity contribution in [1.82, 2.24) is 4.98 Å². The lowest BCUT2D eigenvalue weighted by molar-refractivity contribution is -0.00521. The Hall–Kier alpha value is -3.44. The molecule has 174 valence electrons. The zero-order chi connectivity index (χ0) is 23.8. The van der Waals surface area contributed by atoms with Crippen molar-refractivity contribution in [2.75, 3.05) is 25.1 Å². The molecule has 0 radical (unpaired) electrons. The number of aromatic nitrogens is 1. The molecule has 0 N–H and O–H groups in total. The zero-order valence-corrected chi connectivity index (χ0v) is 20.0. The lowest BCUT2D eigenvalue weighted by atomic mass is 9.97. The van der Waals surface area contributed by atoms with Gasteiger partial charge in [0.1, 0.15) is 11.6 Å². The van der Waals surface area contributed by atoms with Crippen LogP contribution in [0.1, 0.15) is 19.4 Å². The minimum Gasteiger partial charge on any atom is -0.495 e. The van der Waals surface area contributed by atoms with Gasteiger partial charge in [-0.15, -0.1) is 0 Å². The van der Waals surface area contributed by atoms with E-state index in [1.165, 1.54) is 12.1 Å². The molecule has 5 rings (SSSR count). The number of hydrogen-bond acceptors (Lipinski definition) is 4. The fraction of sp³-hybridized carbons (Fsp3) is 0.276. The van der Waals surface area contributed by atoms with E-state index >= 15 is 0 Å². The predicted octanol–water partition coefficient (Wildman–Crippen LogP) is 6.64. The van der Waals surface area contributed by atoms with Gasteiger partial charge in [0, 0.05) is 41.5 Å². The Morgan fingerprint density at radius 1 is 0.912 bits per heavy atom. The van der Waals surface area contributed by atoms with Crippen molar-refractivity contribution < 1.29 is 13.9 Å². The highest BCUT2D eigenvalue weighted by atomic mass is 19.1. The van der Waals surface area contributed by atoms with E-state index < -0.39 is 0 Å². The summed E-state index contributed by atoms with van der Waals surface area (Å²) in [4.78, 5) is 7.11. The summed E-state index contributed by atoms with van der Waals surface area (Å²) in [5.74, 6) is 0.311. The van der Waals surface area contributed by atoms with E-state index in [0.717, 1.165) is 52.1 Å². The molecule has 0 spiro atoms. The number of nitrogens with zero attached hydrogens (tertiary/aromatic N) is 2. The first-order chi connectivity index (χ1) is 16.4. The van der Waals surface area contributed by atoms with Crippen LogP contribution in [0, 0.1) is 12.7 Å². The smallest absolute Gasteiger partial charge is 0.137 e. The fourth-order valence-corrected chi connectivity index (χ4v) is 4.86. The summed E-state index contributed by atoms with van der Waals surface area (Å²) < 4.78 is 26.4. The molecule has 1 aliphatic heterocycles. The van der Waals surface area contributed by atoms with Gasteiger partial charge in [-0.1, -0.05) is 42.0 Å². The van der Waals surface area contributed by atoms with Gasteiger partial charge >= 0.3 is 0 Å². The molecule has 4 aromatic rings. The van der Waals surface area contributed by atoms with Crippen molar-refractivity contribution in [2.24, 2.45) is 0 Å². The van der Waals surface area contributed by atoms with Crippen LogP contribution in [0.25, 0.3) is 33.2 Å². The molecule has 0 aliphatic carbocycles. The van der Waals surface area contributed by atoms with Crippen LogP contribution in [-0.2, 0) is 4.74 Å². The molecule has 0 saturated carbocycles. The maximum absolute atomic E-state index is 14.7. The van der Waals surface area contributed by atoms with Crippen molar-refractivity contribution in [3.63, 3.8) is 0 Å².